The van der Waals surface area contributed by atoms with E-state index >= 15 is 0 Å². The molecule has 8 nitrogen and oxygen atoms in total. The minimum absolute atomic E-state index is 0.0638. The van der Waals surface area contributed by atoms with E-state index in [0.717, 1.165) is 42.0 Å². The summed E-state index contributed by atoms with van der Waals surface area (Å²) in [4.78, 5) is 14.0. The van der Waals surface area contributed by atoms with Crippen LogP contribution in [0, 0.1) is 5.82 Å². The van der Waals surface area contributed by atoms with E-state index in [1.54, 1.807) is 28.9 Å². The fourth-order valence-electron chi connectivity index (χ4n) is 4.53. The number of nitrogens with zero attached hydrogens (tertiary/aromatic N) is 4. The molecule has 1 atom stereocenters. The standard InChI is InChI=1S/C25H25FN6O2/c1-2-22(33)31-12-4-5-16(15-31)23-21-14-28-29-25(27)24(21)32(30-23)18-8-10-19(11-9-18)34-20-7-3-6-17(26)13-20/h2-3,6-11,13,16,28H,1,4-5,12,14-15H2,(H2,27,29)/t16-/m1/s1. The van der Waals surface area contributed by atoms with Crippen LogP contribution in [0.4, 0.5) is 4.39 Å². The Morgan fingerprint density at radius 1 is 1.24 bits per heavy atom. The Hall–Kier alpha value is -4.14. The van der Waals surface area contributed by atoms with Gasteiger partial charge in [0.15, 0.2) is 5.84 Å². The summed E-state index contributed by atoms with van der Waals surface area (Å²) >= 11 is 0. The van der Waals surface area contributed by atoms with E-state index in [4.69, 9.17) is 15.6 Å². The van der Waals surface area contributed by atoms with Gasteiger partial charge in [0, 0.05) is 30.6 Å². The van der Waals surface area contributed by atoms with Crippen LogP contribution in [-0.2, 0) is 11.3 Å². The SMILES string of the molecule is C=CC(=O)N1CCC[C@@H](c2nn(-c3ccc(Oc4cccc(F)c4)cc3)c3c2CNN=C3N)C1. The van der Waals surface area contributed by atoms with Gasteiger partial charge < -0.3 is 20.8 Å². The number of halogens is 1. The minimum atomic E-state index is -0.357. The number of hydrogen-bond donors (Lipinski definition) is 2. The zero-order valence-corrected chi connectivity index (χ0v) is 18.6. The van der Waals surface area contributed by atoms with Crippen molar-refractivity contribution < 1.29 is 13.9 Å². The van der Waals surface area contributed by atoms with Crippen molar-refractivity contribution >= 4 is 11.7 Å². The topological polar surface area (TPSA) is 97.8 Å². The van der Waals surface area contributed by atoms with Gasteiger partial charge in [-0.3, -0.25) is 4.79 Å². The number of carbonyl (C=O) groups is 1. The molecule has 9 heteroatoms. The maximum absolute atomic E-state index is 13.5. The van der Waals surface area contributed by atoms with Gasteiger partial charge in [0.1, 0.15) is 23.0 Å². The number of amidine groups is 1. The summed E-state index contributed by atoms with van der Waals surface area (Å²) in [6.45, 7) is 5.44. The number of carbonyl (C=O) groups excluding carboxylic acids is 1. The Morgan fingerprint density at radius 2 is 2.06 bits per heavy atom. The zero-order chi connectivity index (χ0) is 23.7. The molecular formula is C25H25FN6O2. The second-order valence-electron chi connectivity index (χ2n) is 8.34. The maximum atomic E-state index is 13.5. The van der Waals surface area contributed by atoms with Crippen molar-refractivity contribution in [3.63, 3.8) is 0 Å². The van der Waals surface area contributed by atoms with Crippen molar-refractivity contribution in [3.05, 3.63) is 84.0 Å². The number of ether oxygens (including phenoxy) is 1. The third-order valence-corrected chi connectivity index (χ3v) is 6.12. The zero-order valence-electron chi connectivity index (χ0n) is 18.6. The van der Waals surface area contributed by atoms with Crippen LogP contribution >= 0.6 is 0 Å². The average molecular weight is 461 g/mol. The van der Waals surface area contributed by atoms with Crippen LogP contribution in [0.2, 0.25) is 0 Å². The molecule has 1 amide bonds. The molecule has 174 valence electrons. The summed E-state index contributed by atoms with van der Waals surface area (Å²) in [5.41, 5.74) is 12.7. The van der Waals surface area contributed by atoms with Crippen LogP contribution in [0.15, 0.2) is 66.3 Å². The van der Waals surface area contributed by atoms with Gasteiger partial charge in [-0.05, 0) is 55.3 Å². The van der Waals surface area contributed by atoms with Crippen molar-refractivity contribution in [2.45, 2.75) is 25.3 Å². The smallest absolute Gasteiger partial charge is 0.245 e. The lowest BCUT2D eigenvalue weighted by Crippen LogP contribution is -2.38. The largest absolute Gasteiger partial charge is 0.457 e. The molecule has 0 aliphatic carbocycles. The van der Waals surface area contributed by atoms with Crippen LogP contribution in [-0.4, -0.2) is 39.5 Å². The second-order valence-corrected chi connectivity index (χ2v) is 8.34. The molecule has 34 heavy (non-hydrogen) atoms. The highest BCUT2D eigenvalue weighted by Gasteiger charge is 2.32. The summed E-state index contributed by atoms with van der Waals surface area (Å²) in [6, 6.07) is 13.3. The monoisotopic (exact) mass is 460 g/mol. The van der Waals surface area contributed by atoms with Gasteiger partial charge in [-0.2, -0.15) is 10.2 Å². The van der Waals surface area contributed by atoms with Gasteiger partial charge in [0.2, 0.25) is 5.91 Å². The van der Waals surface area contributed by atoms with E-state index in [2.05, 4.69) is 17.1 Å². The predicted octanol–water partition coefficient (Wildman–Crippen LogP) is 3.42. The van der Waals surface area contributed by atoms with Crippen molar-refractivity contribution in [1.82, 2.24) is 20.1 Å². The number of likely N-dealkylation sites (tertiary alicyclic amines) is 1. The lowest BCUT2D eigenvalue weighted by Gasteiger charge is -2.31. The second kappa shape index (κ2) is 9.01. The Morgan fingerprint density at radius 3 is 2.82 bits per heavy atom. The number of fused-ring (bicyclic) bond motifs is 1. The molecule has 0 bridgehead atoms. The highest BCUT2D eigenvalue weighted by Crippen LogP contribution is 2.33. The molecule has 0 saturated carbocycles. The van der Waals surface area contributed by atoms with E-state index < -0.39 is 0 Å². The molecule has 0 spiro atoms. The first-order valence-electron chi connectivity index (χ1n) is 11.2. The molecule has 0 radical (unpaired) electrons. The number of benzene rings is 2. The molecule has 2 aliphatic heterocycles. The van der Waals surface area contributed by atoms with Crippen LogP contribution in [0.5, 0.6) is 11.5 Å². The molecule has 3 N–H and O–H groups in total. The summed E-state index contributed by atoms with van der Waals surface area (Å²) in [7, 11) is 0. The van der Waals surface area contributed by atoms with Crippen molar-refractivity contribution in [1.29, 1.82) is 0 Å². The Bertz CT molecular complexity index is 1270. The van der Waals surface area contributed by atoms with Crippen LogP contribution in [0.25, 0.3) is 5.69 Å². The first kappa shape index (κ1) is 21.7. The molecular weight excluding hydrogens is 435 g/mol. The van der Waals surface area contributed by atoms with Crippen LogP contribution in [0.3, 0.4) is 0 Å². The molecule has 5 rings (SSSR count). The summed E-state index contributed by atoms with van der Waals surface area (Å²) in [5.74, 6) is 1.02. The quantitative estimate of drug-likeness (QED) is 0.569. The fourth-order valence-corrected chi connectivity index (χ4v) is 4.53. The summed E-state index contributed by atoms with van der Waals surface area (Å²) in [6.07, 6.45) is 3.19. The first-order valence-corrected chi connectivity index (χ1v) is 11.2. The Balaban J connectivity index is 1.46. The lowest BCUT2D eigenvalue weighted by atomic mass is 9.91. The van der Waals surface area contributed by atoms with E-state index in [1.165, 1.54) is 18.2 Å². The first-order chi connectivity index (χ1) is 16.5. The number of rotatable bonds is 5. The molecule has 1 saturated heterocycles. The van der Waals surface area contributed by atoms with E-state index in [9.17, 15) is 9.18 Å². The number of nitrogens with one attached hydrogen (secondary N) is 1. The number of hydrogen-bond acceptors (Lipinski definition) is 6. The molecule has 1 fully saturated rings. The maximum Gasteiger partial charge on any atom is 0.245 e. The Labute approximate surface area is 196 Å². The third kappa shape index (κ3) is 4.12. The number of hydrazone groups is 1. The molecule has 3 heterocycles. The van der Waals surface area contributed by atoms with Gasteiger partial charge in [-0.15, -0.1) is 0 Å². The summed E-state index contributed by atoms with van der Waals surface area (Å²) in [5, 5.41) is 9.14. The minimum Gasteiger partial charge on any atom is -0.457 e. The van der Waals surface area contributed by atoms with Gasteiger partial charge in [0.05, 0.1) is 17.9 Å². The predicted molar refractivity (Wildman–Crippen MR) is 126 cm³/mol. The van der Waals surface area contributed by atoms with E-state index in [1.807, 2.05) is 17.0 Å². The van der Waals surface area contributed by atoms with Gasteiger partial charge in [0.25, 0.3) is 0 Å². The molecule has 3 aromatic rings. The molecule has 1 aromatic heterocycles. The average Bonchev–Trinajstić information content (AvgIpc) is 3.25. The highest BCUT2D eigenvalue weighted by atomic mass is 19.1. The number of aromatic nitrogens is 2. The number of piperidine rings is 1. The third-order valence-electron chi connectivity index (χ3n) is 6.12. The Kier molecular flexibility index (Phi) is 5.75. The number of amides is 1. The molecule has 0 unspecified atom stereocenters. The van der Waals surface area contributed by atoms with Crippen LogP contribution in [0.1, 0.15) is 35.7 Å². The molecule has 2 aliphatic rings. The van der Waals surface area contributed by atoms with Crippen LogP contribution < -0.4 is 15.9 Å². The van der Waals surface area contributed by atoms with E-state index in [0.29, 0.717) is 30.4 Å². The van der Waals surface area contributed by atoms with Gasteiger partial charge in [-0.25, -0.2) is 9.07 Å². The van der Waals surface area contributed by atoms with Crippen molar-refractivity contribution in [3.8, 4) is 17.2 Å². The normalized spacial score (nSPS) is 17.4. The van der Waals surface area contributed by atoms with Gasteiger partial charge >= 0.3 is 0 Å². The fraction of sp³-hybridized carbons (Fsp3) is 0.240. The highest BCUT2D eigenvalue weighted by molar-refractivity contribution is 5.98. The van der Waals surface area contributed by atoms with Gasteiger partial charge in [-0.1, -0.05) is 12.6 Å². The molecule has 2 aromatic carbocycles. The van der Waals surface area contributed by atoms with Crippen molar-refractivity contribution in [2.75, 3.05) is 13.1 Å². The lowest BCUT2D eigenvalue weighted by molar-refractivity contribution is -0.127. The van der Waals surface area contributed by atoms with E-state index in [-0.39, 0.29) is 17.6 Å². The summed E-state index contributed by atoms with van der Waals surface area (Å²) < 4.78 is 21.0. The van der Waals surface area contributed by atoms with Crippen molar-refractivity contribution in [2.24, 2.45) is 10.8 Å². The number of nitrogens with two attached hydrogens (primary N) is 1.